The fraction of sp³-hybridized carbons (Fsp3) is 0.812. The van der Waals surface area contributed by atoms with E-state index in [4.69, 9.17) is 4.74 Å². The molecular weight excluding hydrogens is 284 g/mol. The van der Waals surface area contributed by atoms with E-state index in [1.165, 1.54) is 12.8 Å². The van der Waals surface area contributed by atoms with Crippen LogP contribution in [-0.2, 0) is 9.53 Å². The number of nitrogens with one attached hydrogen (secondary N) is 1. The molecule has 22 heavy (non-hydrogen) atoms. The minimum atomic E-state index is -0.938. The van der Waals surface area contributed by atoms with Crippen molar-refractivity contribution in [1.29, 1.82) is 0 Å². The van der Waals surface area contributed by atoms with Gasteiger partial charge in [-0.15, -0.1) is 0 Å². The lowest BCUT2D eigenvalue weighted by atomic mass is 9.89. The summed E-state index contributed by atoms with van der Waals surface area (Å²) in [5.74, 6) is -0.436. The van der Waals surface area contributed by atoms with Crippen molar-refractivity contribution in [3.05, 3.63) is 0 Å². The van der Waals surface area contributed by atoms with E-state index in [0.717, 1.165) is 44.9 Å². The molecule has 1 aliphatic heterocycles. The lowest BCUT2D eigenvalue weighted by Crippen LogP contribution is -2.43. The first-order valence-electron chi connectivity index (χ1n) is 8.40. The Kier molecular flexibility index (Phi) is 4.36. The Balaban J connectivity index is 1.40. The Hall–Kier alpha value is -1.59. The number of piperidine rings is 1. The van der Waals surface area contributed by atoms with Crippen molar-refractivity contribution in [2.45, 2.75) is 57.8 Å². The van der Waals surface area contributed by atoms with Crippen LogP contribution in [-0.4, -0.2) is 36.1 Å². The first kappa shape index (κ1) is 15.3. The molecule has 6 nitrogen and oxygen atoms in total. The van der Waals surface area contributed by atoms with E-state index in [-0.39, 0.29) is 11.8 Å². The number of imide groups is 1. The molecule has 3 fully saturated rings. The van der Waals surface area contributed by atoms with E-state index < -0.39 is 12.2 Å². The number of nitrogens with zero attached hydrogens (tertiary/aromatic N) is 1. The van der Waals surface area contributed by atoms with Crippen molar-refractivity contribution in [2.75, 3.05) is 13.1 Å². The van der Waals surface area contributed by atoms with Crippen LogP contribution in [0.4, 0.5) is 9.59 Å². The maximum atomic E-state index is 11.9. The van der Waals surface area contributed by atoms with Gasteiger partial charge >= 0.3 is 12.2 Å². The highest BCUT2D eigenvalue weighted by atomic mass is 16.6. The monoisotopic (exact) mass is 308 g/mol. The SMILES string of the molecule is O=C(NC(=O)C1CCCCC1)OC(=O)N1CCC2(CC1)CC2. The molecule has 6 heteroatoms. The number of ether oxygens (including phenoxy) is 1. The number of carbonyl (C=O) groups is 3. The molecule has 2 aliphatic carbocycles. The molecule has 1 spiro atoms. The fourth-order valence-corrected chi connectivity index (χ4v) is 3.58. The summed E-state index contributed by atoms with van der Waals surface area (Å²) in [7, 11) is 0. The van der Waals surface area contributed by atoms with Crippen molar-refractivity contribution in [3.63, 3.8) is 0 Å². The molecule has 1 saturated heterocycles. The van der Waals surface area contributed by atoms with Gasteiger partial charge in [0.1, 0.15) is 0 Å². The maximum absolute atomic E-state index is 11.9. The zero-order valence-corrected chi connectivity index (χ0v) is 12.9. The third-order valence-corrected chi connectivity index (χ3v) is 5.42. The molecule has 1 heterocycles. The normalized spacial score (nSPS) is 23.9. The topological polar surface area (TPSA) is 75.7 Å². The number of hydrogen-bond acceptors (Lipinski definition) is 4. The van der Waals surface area contributed by atoms with Crippen LogP contribution >= 0.6 is 0 Å². The van der Waals surface area contributed by atoms with Gasteiger partial charge in [-0.1, -0.05) is 19.3 Å². The minimum Gasteiger partial charge on any atom is -0.359 e. The number of rotatable bonds is 1. The van der Waals surface area contributed by atoms with E-state index in [9.17, 15) is 14.4 Å². The summed E-state index contributed by atoms with van der Waals surface area (Å²) in [6.45, 7) is 1.28. The van der Waals surface area contributed by atoms with Gasteiger partial charge in [0.15, 0.2) is 0 Å². The quantitative estimate of drug-likeness (QED) is 0.756. The average Bonchev–Trinajstić information content (AvgIpc) is 3.27. The Bertz CT molecular complexity index is 457. The summed E-state index contributed by atoms with van der Waals surface area (Å²) in [5, 5.41) is 2.20. The first-order chi connectivity index (χ1) is 10.6. The molecule has 3 aliphatic rings. The van der Waals surface area contributed by atoms with Gasteiger partial charge in [0, 0.05) is 19.0 Å². The number of carbonyl (C=O) groups excluding carboxylic acids is 3. The van der Waals surface area contributed by atoms with Gasteiger partial charge in [0.25, 0.3) is 0 Å². The summed E-state index contributed by atoms with van der Waals surface area (Å²) in [5.41, 5.74) is 0.468. The summed E-state index contributed by atoms with van der Waals surface area (Å²) in [4.78, 5) is 37.1. The van der Waals surface area contributed by atoms with Gasteiger partial charge in [0.2, 0.25) is 5.91 Å². The van der Waals surface area contributed by atoms with Crippen molar-refractivity contribution in [1.82, 2.24) is 10.2 Å². The molecule has 0 aromatic carbocycles. The van der Waals surface area contributed by atoms with Crippen LogP contribution < -0.4 is 5.32 Å². The highest BCUT2D eigenvalue weighted by Crippen LogP contribution is 2.53. The van der Waals surface area contributed by atoms with E-state index in [0.29, 0.717) is 18.5 Å². The van der Waals surface area contributed by atoms with Crippen LogP contribution in [0.15, 0.2) is 0 Å². The molecule has 0 aromatic rings. The van der Waals surface area contributed by atoms with Gasteiger partial charge in [-0.2, -0.15) is 0 Å². The van der Waals surface area contributed by atoms with Crippen molar-refractivity contribution in [2.24, 2.45) is 11.3 Å². The highest BCUT2D eigenvalue weighted by molar-refractivity contribution is 5.96. The van der Waals surface area contributed by atoms with E-state index in [1.54, 1.807) is 4.90 Å². The van der Waals surface area contributed by atoms with Gasteiger partial charge in [-0.05, 0) is 43.9 Å². The Morgan fingerprint density at radius 1 is 0.955 bits per heavy atom. The van der Waals surface area contributed by atoms with Gasteiger partial charge < -0.3 is 9.64 Å². The molecule has 2 saturated carbocycles. The van der Waals surface area contributed by atoms with Gasteiger partial charge in [-0.3, -0.25) is 10.1 Å². The Morgan fingerprint density at radius 2 is 1.59 bits per heavy atom. The molecule has 122 valence electrons. The molecule has 0 atom stereocenters. The van der Waals surface area contributed by atoms with Crippen molar-refractivity contribution in [3.8, 4) is 0 Å². The third kappa shape index (κ3) is 3.59. The second kappa shape index (κ2) is 6.26. The molecule has 3 rings (SSSR count). The molecule has 3 amide bonds. The molecule has 0 aromatic heterocycles. The van der Waals surface area contributed by atoms with Crippen molar-refractivity contribution >= 4 is 18.1 Å². The van der Waals surface area contributed by atoms with Crippen LogP contribution in [0.2, 0.25) is 0 Å². The average molecular weight is 308 g/mol. The standard InChI is InChI=1S/C16H24N2O4/c19-13(12-4-2-1-3-5-12)17-14(20)22-15(21)18-10-8-16(6-7-16)9-11-18/h12H,1-11H2,(H,17,19,20). The van der Waals surface area contributed by atoms with Crippen LogP contribution in [0.1, 0.15) is 57.8 Å². The molecule has 0 radical (unpaired) electrons. The van der Waals surface area contributed by atoms with Crippen LogP contribution in [0.5, 0.6) is 0 Å². The molecule has 0 unspecified atom stereocenters. The smallest absolute Gasteiger partial charge is 0.359 e. The second-order valence-corrected chi connectivity index (χ2v) is 6.97. The number of amides is 3. The third-order valence-electron chi connectivity index (χ3n) is 5.42. The zero-order chi connectivity index (χ0) is 15.6. The molecular formula is C16H24N2O4. The van der Waals surface area contributed by atoms with E-state index in [2.05, 4.69) is 5.32 Å². The van der Waals surface area contributed by atoms with E-state index >= 15 is 0 Å². The predicted octanol–water partition coefficient (Wildman–Crippen LogP) is 2.82. The van der Waals surface area contributed by atoms with Gasteiger partial charge in [0.05, 0.1) is 0 Å². The Morgan fingerprint density at radius 3 is 2.18 bits per heavy atom. The van der Waals surface area contributed by atoms with Crippen molar-refractivity contribution < 1.29 is 19.1 Å². The minimum absolute atomic E-state index is 0.124. The first-order valence-corrected chi connectivity index (χ1v) is 8.40. The fourth-order valence-electron chi connectivity index (χ4n) is 3.58. The zero-order valence-electron chi connectivity index (χ0n) is 12.9. The number of hydrogen-bond donors (Lipinski definition) is 1. The van der Waals surface area contributed by atoms with Gasteiger partial charge in [-0.25, -0.2) is 9.59 Å². The van der Waals surface area contributed by atoms with Crippen LogP contribution in [0.3, 0.4) is 0 Å². The molecule has 0 bridgehead atoms. The maximum Gasteiger partial charge on any atom is 0.422 e. The Labute approximate surface area is 130 Å². The lowest BCUT2D eigenvalue weighted by molar-refractivity contribution is -0.125. The number of alkyl carbamates (subject to hydrolysis) is 1. The lowest BCUT2D eigenvalue weighted by Gasteiger charge is -2.30. The largest absolute Gasteiger partial charge is 0.422 e. The number of likely N-dealkylation sites (tertiary alicyclic amines) is 1. The molecule has 1 N–H and O–H groups in total. The predicted molar refractivity (Wildman–Crippen MR) is 79.1 cm³/mol. The van der Waals surface area contributed by atoms with Crippen LogP contribution in [0.25, 0.3) is 0 Å². The second-order valence-electron chi connectivity index (χ2n) is 6.97. The van der Waals surface area contributed by atoms with Crippen LogP contribution in [0, 0.1) is 11.3 Å². The van der Waals surface area contributed by atoms with E-state index in [1.807, 2.05) is 0 Å². The summed E-state index contributed by atoms with van der Waals surface area (Å²) in [6, 6.07) is 0. The summed E-state index contributed by atoms with van der Waals surface area (Å²) < 4.78 is 4.76. The summed E-state index contributed by atoms with van der Waals surface area (Å²) >= 11 is 0. The summed E-state index contributed by atoms with van der Waals surface area (Å²) in [6.07, 6.45) is 7.71. The highest BCUT2D eigenvalue weighted by Gasteiger charge is 2.45.